The van der Waals surface area contributed by atoms with E-state index in [1.165, 1.54) is 0 Å². The molecule has 2 aromatic carbocycles. The topological polar surface area (TPSA) is 71.5 Å². The third kappa shape index (κ3) is 4.64. The number of nitrogens with zero attached hydrogens (tertiary/aromatic N) is 2. The number of likely N-dealkylation sites (tertiary alicyclic amines) is 1. The first kappa shape index (κ1) is 21.6. The fourth-order valence-corrected chi connectivity index (χ4v) is 4.22. The van der Waals surface area contributed by atoms with Gasteiger partial charge in [0.25, 0.3) is 5.91 Å². The summed E-state index contributed by atoms with van der Waals surface area (Å²) >= 11 is 0. The van der Waals surface area contributed by atoms with Crippen LogP contribution in [0.3, 0.4) is 0 Å². The van der Waals surface area contributed by atoms with Crippen LogP contribution in [0.4, 0.5) is 0 Å². The second-order valence-corrected chi connectivity index (χ2v) is 8.11. The quantitative estimate of drug-likeness (QED) is 0.650. The third-order valence-electron chi connectivity index (χ3n) is 5.97. The van der Waals surface area contributed by atoms with E-state index in [-0.39, 0.29) is 23.7 Å². The fourth-order valence-electron chi connectivity index (χ4n) is 4.22. The zero-order chi connectivity index (χ0) is 22.5. The van der Waals surface area contributed by atoms with Crippen LogP contribution in [0.25, 0.3) is 0 Å². The minimum atomic E-state index is -0.377. The van der Waals surface area contributed by atoms with Crippen molar-refractivity contribution in [1.82, 2.24) is 15.2 Å². The first-order valence-electron chi connectivity index (χ1n) is 10.7. The zero-order valence-electron chi connectivity index (χ0n) is 18.3. The number of benzene rings is 2. The summed E-state index contributed by atoms with van der Waals surface area (Å²) in [7, 11) is 1.63. The molecular formula is C26H27N3O3. The van der Waals surface area contributed by atoms with Gasteiger partial charge in [-0.25, -0.2) is 0 Å². The van der Waals surface area contributed by atoms with Gasteiger partial charge in [0.1, 0.15) is 5.75 Å². The van der Waals surface area contributed by atoms with Gasteiger partial charge in [0, 0.05) is 43.5 Å². The summed E-state index contributed by atoms with van der Waals surface area (Å²) in [5.41, 5.74) is 3.60. The number of pyridine rings is 1. The summed E-state index contributed by atoms with van der Waals surface area (Å²) in [5.74, 6) is 0.0513. The number of nitrogens with one attached hydrogen (secondary N) is 1. The van der Waals surface area contributed by atoms with Gasteiger partial charge in [-0.15, -0.1) is 0 Å². The predicted octanol–water partition coefficient (Wildman–Crippen LogP) is 3.57. The molecule has 0 unspecified atom stereocenters. The van der Waals surface area contributed by atoms with E-state index in [1.807, 2.05) is 67.6 Å². The Kier molecular flexibility index (Phi) is 6.50. The molecule has 1 fully saturated rings. The highest BCUT2D eigenvalue weighted by molar-refractivity contribution is 5.95. The van der Waals surface area contributed by atoms with E-state index in [0.29, 0.717) is 25.2 Å². The average molecular weight is 430 g/mol. The van der Waals surface area contributed by atoms with Gasteiger partial charge < -0.3 is 15.0 Å². The van der Waals surface area contributed by atoms with Crippen molar-refractivity contribution in [3.05, 3.63) is 95.3 Å². The number of hydrogen-bond acceptors (Lipinski definition) is 4. The number of ether oxygens (including phenoxy) is 1. The standard InChI is InChI=1S/C26H27N3O3/c1-18-9-11-20(12-10-18)26(31)29-16-22(21-7-3-4-8-24(21)32-2)23(17-29)25(30)28-15-19-6-5-13-27-14-19/h3-14,22-23H,15-17H2,1-2H3,(H,28,30)/t22-,23-/m0/s1. The number of aryl methyl sites for hydroxylation is 1. The Morgan fingerprint density at radius 1 is 1.06 bits per heavy atom. The fraction of sp³-hybridized carbons (Fsp3) is 0.269. The SMILES string of the molecule is COc1ccccc1[C@@H]1CN(C(=O)c2ccc(C)cc2)C[C@@H]1C(=O)NCc1cccnc1. The summed E-state index contributed by atoms with van der Waals surface area (Å²) in [6.07, 6.45) is 3.44. The highest BCUT2D eigenvalue weighted by atomic mass is 16.5. The van der Waals surface area contributed by atoms with Gasteiger partial charge in [-0.1, -0.05) is 42.0 Å². The first-order valence-corrected chi connectivity index (χ1v) is 10.7. The van der Waals surface area contributed by atoms with Crippen LogP contribution in [-0.4, -0.2) is 41.9 Å². The smallest absolute Gasteiger partial charge is 0.253 e. The average Bonchev–Trinajstić information content (AvgIpc) is 3.28. The zero-order valence-corrected chi connectivity index (χ0v) is 18.3. The maximum atomic E-state index is 13.2. The molecule has 4 rings (SSSR count). The van der Waals surface area contributed by atoms with Crippen LogP contribution < -0.4 is 10.1 Å². The van der Waals surface area contributed by atoms with Crippen LogP contribution >= 0.6 is 0 Å². The molecule has 1 saturated heterocycles. The van der Waals surface area contributed by atoms with Crippen molar-refractivity contribution >= 4 is 11.8 Å². The Morgan fingerprint density at radius 3 is 2.56 bits per heavy atom. The van der Waals surface area contributed by atoms with Crippen LogP contribution in [0.1, 0.15) is 33.0 Å². The number of aromatic nitrogens is 1. The molecule has 0 aliphatic carbocycles. The van der Waals surface area contributed by atoms with E-state index in [1.54, 1.807) is 24.4 Å². The molecular weight excluding hydrogens is 402 g/mol. The van der Waals surface area contributed by atoms with E-state index >= 15 is 0 Å². The molecule has 2 atom stereocenters. The minimum absolute atomic E-state index is 0.0625. The molecule has 2 heterocycles. The second-order valence-electron chi connectivity index (χ2n) is 8.11. The second kappa shape index (κ2) is 9.64. The van der Waals surface area contributed by atoms with E-state index in [4.69, 9.17) is 4.74 Å². The normalized spacial score (nSPS) is 17.8. The van der Waals surface area contributed by atoms with E-state index in [2.05, 4.69) is 10.3 Å². The molecule has 0 radical (unpaired) electrons. The number of para-hydroxylation sites is 1. The van der Waals surface area contributed by atoms with Crippen molar-refractivity contribution in [3.63, 3.8) is 0 Å². The molecule has 1 aromatic heterocycles. The van der Waals surface area contributed by atoms with Gasteiger partial charge in [0.15, 0.2) is 0 Å². The molecule has 0 saturated carbocycles. The van der Waals surface area contributed by atoms with E-state index in [9.17, 15) is 9.59 Å². The van der Waals surface area contributed by atoms with Crippen molar-refractivity contribution in [1.29, 1.82) is 0 Å². The highest BCUT2D eigenvalue weighted by Gasteiger charge is 2.41. The van der Waals surface area contributed by atoms with Gasteiger partial charge >= 0.3 is 0 Å². The van der Waals surface area contributed by atoms with Crippen LogP contribution in [0, 0.1) is 12.8 Å². The number of hydrogen-bond donors (Lipinski definition) is 1. The molecule has 6 nitrogen and oxygen atoms in total. The Morgan fingerprint density at radius 2 is 1.84 bits per heavy atom. The minimum Gasteiger partial charge on any atom is -0.496 e. The lowest BCUT2D eigenvalue weighted by Crippen LogP contribution is -2.35. The van der Waals surface area contributed by atoms with Gasteiger partial charge in [-0.3, -0.25) is 14.6 Å². The maximum absolute atomic E-state index is 13.2. The van der Waals surface area contributed by atoms with Crippen molar-refractivity contribution in [2.75, 3.05) is 20.2 Å². The molecule has 1 aliphatic rings. The maximum Gasteiger partial charge on any atom is 0.253 e. The van der Waals surface area contributed by atoms with E-state index in [0.717, 1.165) is 22.4 Å². The van der Waals surface area contributed by atoms with Crippen molar-refractivity contribution in [2.45, 2.75) is 19.4 Å². The van der Waals surface area contributed by atoms with Crippen molar-refractivity contribution in [2.24, 2.45) is 5.92 Å². The van der Waals surface area contributed by atoms with Crippen molar-refractivity contribution in [3.8, 4) is 5.75 Å². The van der Waals surface area contributed by atoms with Crippen LogP contribution in [0.5, 0.6) is 5.75 Å². The lowest BCUT2D eigenvalue weighted by Gasteiger charge is -2.20. The van der Waals surface area contributed by atoms with Crippen LogP contribution in [0.2, 0.25) is 0 Å². The Balaban J connectivity index is 1.58. The molecule has 3 aromatic rings. The predicted molar refractivity (Wildman–Crippen MR) is 122 cm³/mol. The molecule has 0 bridgehead atoms. The van der Waals surface area contributed by atoms with Gasteiger partial charge in [-0.05, 0) is 42.3 Å². The Bertz CT molecular complexity index is 1080. The molecule has 1 N–H and O–H groups in total. The number of methoxy groups -OCH3 is 1. The molecule has 1 aliphatic heterocycles. The molecule has 6 heteroatoms. The number of carbonyl (C=O) groups is 2. The summed E-state index contributed by atoms with van der Waals surface area (Å²) in [6, 6.07) is 19.0. The number of carbonyl (C=O) groups excluding carboxylic acids is 2. The number of amides is 2. The largest absolute Gasteiger partial charge is 0.496 e. The molecule has 0 spiro atoms. The summed E-state index contributed by atoms with van der Waals surface area (Å²) in [5, 5.41) is 3.03. The lowest BCUT2D eigenvalue weighted by molar-refractivity contribution is -0.125. The monoisotopic (exact) mass is 429 g/mol. The Hall–Kier alpha value is -3.67. The summed E-state index contributed by atoms with van der Waals surface area (Å²) in [4.78, 5) is 32.3. The molecule has 164 valence electrons. The van der Waals surface area contributed by atoms with Gasteiger partial charge in [0.2, 0.25) is 5.91 Å². The molecule has 32 heavy (non-hydrogen) atoms. The van der Waals surface area contributed by atoms with Gasteiger partial charge in [-0.2, -0.15) is 0 Å². The van der Waals surface area contributed by atoms with Crippen LogP contribution in [-0.2, 0) is 11.3 Å². The number of rotatable bonds is 6. The summed E-state index contributed by atoms with van der Waals surface area (Å²) in [6.45, 7) is 3.20. The van der Waals surface area contributed by atoms with E-state index < -0.39 is 0 Å². The summed E-state index contributed by atoms with van der Waals surface area (Å²) < 4.78 is 5.57. The lowest BCUT2D eigenvalue weighted by atomic mass is 9.87. The Labute approximate surface area is 188 Å². The third-order valence-corrected chi connectivity index (χ3v) is 5.97. The molecule has 2 amide bonds. The van der Waals surface area contributed by atoms with Crippen LogP contribution in [0.15, 0.2) is 73.1 Å². The van der Waals surface area contributed by atoms with Gasteiger partial charge in [0.05, 0.1) is 13.0 Å². The first-order chi connectivity index (χ1) is 15.6. The highest BCUT2D eigenvalue weighted by Crippen LogP contribution is 2.38. The van der Waals surface area contributed by atoms with Crippen molar-refractivity contribution < 1.29 is 14.3 Å².